The van der Waals surface area contributed by atoms with Gasteiger partial charge < -0.3 is 24.8 Å². The summed E-state index contributed by atoms with van der Waals surface area (Å²) >= 11 is 0. The Morgan fingerprint density at radius 2 is 0.879 bits per heavy atom. The Balaban J connectivity index is 0.000000214. The summed E-state index contributed by atoms with van der Waals surface area (Å²) in [7, 11) is 0. The van der Waals surface area contributed by atoms with Crippen molar-refractivity contribution in [3.8, 4) is 22.5 Å². The minimum absolute atomic E-state index is 0. The predicted octanol–water partition coefficient (Wildman–Crippen LogP) is 1.25. The summed E-state index contributed by atoms with van der Waals surface area (Å²) in [6, 6.07) is 37.4. The molecule has 0 atom stereocenters. The van der Waals surface area contributed by atoms with Crippen LogP contribution in [0.15, 0.2) is 122 Å². The van der Waals surface area contributed by atoms with E-state index in [1.807, 2.05) is 48.8 Å². The first-order valence-corrected chi connectivity index (χ1v) is 10.0. The molecule has 0 aliphatic rings. The van der Waals surface area contributed by atoms with Gasteiger partial charge in [-0.1, -0.05) is 60.7 Å². The van der Waals surface area contributed by atoms with E-state index in [0.717, 1.165) is 11.4 Å². The molecule has 0 bridgehead atoms. The standard InChI is InChI=1S/2C14H10N.2ClH.Ti/c2*1-2-6-12-10-13(9-11(12)5-1)14-7-3-4-8-15-14;;;/h2*1-10H;2*1H;/q2*-1;;;+4/p-2. The van der Waals surface area contributed by atoms with Gasteiger partial charge in [0.25, 0.3) is 0 Å². The number of hydrogen-bond acceptors (Lipinski definition) is 2. The van der Waals surface area contributed by atoms with E-state index in [-0.39, 0.29) is 46.5 Å². The molecule has 5 heteroatoms. The summed E-state index contributed by atoms with van der Waals surface area (Å²) in [6.07, 6.45) is 3.65. The van der Waals surface area contributed by atoms with E-state index < -0.39 is 0 Å². The van der Waals surface area contributed by atoms with Crippen LogP contribution in [0.5, 0.6) is 0 Å². The second-order valence-corrected chi connectivity index (χ2v) is 7.18. The molecule has 0 fully saturated rings. The number of aromatic nitrogens is 2. The molecule has 2 heterocycles. The molecule has 160 valence electrons. The van der Waals surface area contributed by atoms with E-state index in [1.54, 1.807) is 0 Å². The van der Waals surface area contributed by atoms with E-state index in [0.29, 0.717) is 0 Å². The van der Waals surface area contributed by atoms with Crippen molar-refractivity contribution in [2.75, 3.05) is 0 Å². The third-order valence-corrected chi connectivity index (χ3v) is 5.16. The molecule has 0 saturated heterocycles. The topological polar surface area (TPSA) is 25.8 Å². The van der Waals surface area contributed by atoms with Gasteiger partial charge in [-0.2, -0.15) is 0 Å². The molecule has 2 nitrogen and oxygen atoms in total. The molecular formula is C28H20Cl2N2Ti. The maximum atomic E-state index is 4.34. The van der Waals surface area contributed by atoms with Crippen LogP contribution in [0.4, 0.5) is 0 Å². The minimum atomic E-state index is 0. The molecule has 6 rings (SSSR count). The molecule has 0 aliphatic heterocycles. The van der Waals surface area contributed by atoms with Crippen molar-refractivity contribution in [2.45, 2.75) is 0 Å². The van der Waals surface area contributed by atoms with E-state index in [4.69, 9.17) is 0 Å². The molecule has 0 spiro atoms. The van der Waals surface area contributed by atoms with Crippen molar-refractivity contribution in [1.82, 2.24) is 9.97 Å². The largest absolute Gasteiger partial charge is 4.00 e. The maximum absolute atomic E-state index is 4.34. The molecule has 6 aromatic rings. The van der Waals surface area contributed by atoms with Crippen LogP contribution < -0.4 is 24.8 Å². The van der Waals surface area contributed by atoms with E-state index in [2.05, 4.69) is 82.8 Å². The molecule has 2 aromatic heterocycles. The molecule has 0 saturated carbocycles. The van der Waals surface area contributed by atoms with Gasteiger partial charge >= 0.3 is 21.7 Å². The summed E-state index contributed by atoms with van der Waals surface area (Å²) in [5, 5.41) is 5.10. The summed E-state index contributed by atoms with van der Waals surface area (Å²) in [5.41, 5.74) is 4.45. The first-order valence-electron chi connectivity index (χ1n) is 10.0. The summed E-state index contributed by atoms with van der Waals surface area (Å²) in [6.45, 7) is 0. The van der Waals surface area contributed by atoms with Crippen molar-refractivity contribution >= 4 is 21.5 Å². The number of halogens is 2. The molecular weight excluding hydrogens is 483 g/mol. The molecule has 33 heavy (non-hydrogen) atoms. The fourth-order valence-electron chi connectivity index (χ4n) is 3.66. The Morgan fingerprint density at radius 1 is 0.485 bits per heavy atom. The minimum Gasteiger partial charge on any atom is -1.00 e. The van der Waals surface area contributed by atoms with Crippen LogP contribution in [0.25, 0.3) is 44.1 Å². The fraction of sp³-hybridized carbons (Fsp3) is 0. The van der Waals surface area contributed by atoms with Crippen molar-refractivity contribution in [3.05, 3.63) is 122 Å². The van der Waals surface area contributed by atoms with Crippen molar-refractivity contribution in [1.29, 1.82) is 0 Å². The number of pyridine rings is 2. The van der Waals surface area contributed by atoms with Crippen LogP contribution in [-0.4, -0.2) is 9.97 Å². The Labute approximate surface area is 221 Å². The fourth-order valence-corrected chi connectivity index (χ4v) is 3.66. The number of nitrogens with zero attached hydrogens (tertiary/aromatic N) is 2. The Kier molecular flexibility index (Phi) is 10.0. The molecule has 4 aromatic carbocycles. The third-order valence-electron chi connectivity index (χ3n) is 5.16. The first-order chi connectivity index (χ1) is 14.9. The van der Waals surface area contributed by atoms with Gasteiger partial charge in [0.1, 0.15) is 0 Å². The zero-order valence-electron chi connectivity index (χ0n) is 17.7. The van der Waals surface area contributed by atoms with Crippen LogP contribution in [0, 0.1) is 0 Å². The van der Waals surface area contributed by atoms with Gasteiger partial charge in [-0.15, -0.1) is 69.1 Å². The molecule has 0 aliphatic carbocycles. The Hall–Kier alpha value is -2.75. The normalized spacial score (nSPS) is 9.70. The van der Waals surface area contributed by atoms with Gasteiger partial charge in [0.2, 0.25) is 0 Å². The monoisotopic (exact) mass is 502 g/mol. The second kappa shape index (κ2) is 12.5. The van der Waals surface area contributed by atoms with Crippen LogP contribution in [0.1, 0.15) is 0 Å². The quantitative estimate of drug-likeness (QED) is 0.263. The summed E-state index contributed by atoms with van der Waals surface area (Å²) in [5.74, 6) is 0. The smallest absolute Gasteiger partial charge is 1.00 e. The number of hydrogen-bond donors (Lipinski definition) is 0. The Bertz CT molecular complexity index is 1220. The van der Waals surface area contributed by atoms with E-state index in [1.165, 1.54) is 32.7 Å². The average molecular weight is 503 g/mol. The van der Waals surface area contributed by atoms with Crippen LogP contribution in [0.2, 0.25) is 0 Å². The number of benzene rings is 2. The SMILES string of the molecule is [Cl-].[Cl-].[Ti+4].c1ccc(-c2cc3ccccc3[cH-]2)nc1.c1ccc(-c2cc3ccccc3[cH-]2)nc1. The van der Waals surface area contributed by atoms with Crippen molar-refractivity contribution in [3.63, 3.8) is 0 Å². The summed E-state index contributed by atoms with van der Waals surface area (Å²) < 4.78 is 0. The molecule has 0 radical (unpaired) electrons. The number of fused-ring (bicyclic) bond motifs is 2. The predicted molar refractivity (Wildman–Crippen MR) is 126 cm³/mol. The number of rotatable bonds is 2. The van der Waals surface area contributed by atoms with E-state index in [9.17, 15) is 0 Å². The van der Waals surface area contributed by atoms with Gasteiger partial charge in [-0.3, -0.25) is 9.97 Å². The second-order valence-electron chi connectivity index (χ2n) is 7.18. The van der Waals surface area contributed by atoms with Crippen LogP contribution in [0.3, 0.4) is 0 Å². The Morgan fingerprint density at radius 3 is 1.24 bits per heavy atom. The summed E-state index contributed by atoms with van der Waals surface area (Å²) in [4.78, 5) is 8.69. The van der Waals surface area contributed by atoms with Crippen LogP contribution in [-0.2, 0) is 21.7 Å². The molecule has 0 unspecified atom stereocenters. The van der Waals surface area contributed by atoms with Crippen molar-refractivity contribution < 1.29 is 46.5 Å². The molecule has 0 amide bonds. The van der Waals surface area contributed by atoms with Gasteiger partial charge in [0.05, 0.1) is 0 Å². The van der Waals surface area contributed by atoms with Gasteiger partial charge in [-0.25, -0.2) is 0 Å². The van der Waals surface area contributed by atoms with Gasteiger partial charge in [0.15, 0.2) is 0 Å². The van der Waals surface area contributed by atoms with Gasteiger partial charge in [0, 0.05) is 23.8 Å². The maximum Gasteiger partial charge on any atom is 4.00 e. The molecule has 0 N–H and O–H groups in total. The van der Waals surface area contributed by atoms with Crippen LogP contribution >= 0.6 is 0 Å². The third kappa shape index (κ3) is 6.19. The average Bonchev–Trinajstić information content (AvgIpc) is 3.45. The van der Waals surface area contributed by atoms with Crippen molar-refractivity contribution in [2.24, 2.45) is 0 Å². The zero-order valence-corrected chi connectivity index (χ0v) is 20.8. The zero-order chi connectivity index (χ0) is 20.2. The van der Waals surface area contributed by atoms with Gasteiger partial charge in [-0.05, 0) is 12.1 Å². The first kappa shape index (κ1) is 26.5. The van der Waals surface area contributed by atoms with E-state index >= 15 is 0 Å².